The molecule has 16 heavy (non-hydrogen) atoms. The van der Waals surface area contributed by atoms with Crippen molar-refractivity contribution in [2.75, 3.05) is 14.2 Å². The quantitative estimate of drug-likeness (QED) is 0.770. The monoisotopic (exact) mass is 220 g/mol. The molecule has 0 heterocycles. The lowest BCUT2D eigenvalue weighted by Gasteiger charge is -2.16. The molecule has 1 aliphatic rings. The molecule has 88 valence electrons. The van der Waals surface area contributed by atoms with Crippen LogP contribution in [0.1, 0.15) is 49.7 Å². The van der Waals surface area contributed by atoms with Crippen LogP contribution in [0.2, 0.25) is 0 Å². The highest BCUT2D eigenvalue weighted by Gasteiger charge is 2.30. The maximum absolute atomic E-state index is 5.50. The van der Waals surface area contributed by atoms with E-state index < -0.39 is 0 Å². The maximum Gasteiger partial charge on any atom is 0.126 e. The van der Waals surface area contributed by atoms with Gasteiger partial charge in [-0.1, -0.05) is 13.8 Å². The standard InChI is InChI=1S/C14H20O2/c1-9(2)11-7-12(15-3)14(10-5-6-10)13(8-11)16-4/h7-10H,5-6H2,1-4H3. The molecular formula is C14H20O2. The van der Waals surface area contributed by atoms with Gasteiger partial charge >= 0.3 is 0 Å². The zero-order valence-corrected chi connectivity index (χ0v) is 10.5. The minimum Gasteiger partial charge on any atom is -0.496 e. The van der Waals surface area contributed by atoms with E-state index in [-0.39, 0.29) is 0 Å². The summed E-state index contributed by atoms with van der Waals surface area (Å²) in [4.78, 5) is 0. The molecule has 1 aromatic rings. The van der Waals surface area contributed by atoms with Gasteiger partial charge in [0.05, 0.1) is 14.2 Å². The van der Waals surface area contributed by atoms with Gasteiger partial charge in [-0.3, -0.25) is 0 Å². The molecule has 0 aliphatic heterocycles. The highest BCUT2D eigenvalue weighted by molar-refractivity contribution is 5.52. The summed E-state index contributed by atoms with van der Waals surface area (Å²) in [5.74, 6) is 3.12. The van der Waals surface area contributed by atoms with Crippen molar-refractivity contribution in [3.05, 3.63) is 23.3 Å². The molecule has 0 spiro atoms. The Balaban J connectivity index is 2.49. The number of hydrogen-bond donors (Lipinski definition) is 0. The van der Waals surface area contributed by atoms with Gasteiger partial charge in [-0.2, -0.15) is 0 Å². The van der Waals surface area contributed by atoms with Crippen LogP contribution in [0.3, 0.4) is 0 Å². The molecular weight excluding hydrogens is 200 g/mol. The van der Waals surface area contributed by atoms with Crippen molar-refractivity contribution in [1.29, 1.82) is 0 Å². The van der Waals surface area contributed by atoms with Crippen molar-refractivity contribution >= 4 is 0 Å². The Hall–Kier alpha value is -1.18. The second-order valence-corrected chi connectivity index (χ2v) is 4.77. The SMILES string of the molecule is COc1cc(C(C)C)cc(OC)c1C1CC1. The fourth-order valence-corrected chi connectivity index (χ4v) is 2.07. The number of hydrogen-bond acceptors (Lipinski definition) is 2. The first kappa shape index (κ1) is 11.3. The Bertz CT molecular complexity index is 353. The fourth-order valence-electron chi connectivity index (χ4n) is 2.07. The zero-order chi connectivity index (χ0) is 11.7. The summed E-state index contributed by atoms with van der Waals surface area (Å²) in [6.07, 6.45) is 2.52. The lowest BCUT2D eigenvalue weighted by Crippen LogP contribution is -1.99. The van der Waals surface area contributed by atoms with Crippen molar-refractivity contribution < 1.29 is 9.47 Å². The third-order valence-corrected chi connectivity index (χ3v) is 3.22. The van der Waals surface area contributed by atoms with Crippen LogP contribution in [-0.2, 0) is 0 Å². The predicted octanol–water partition coefficient (Wildman–Crippen LogP) is 3.70. The third-order valence-electron chi connectivity index (χ3n) is 3.22. The van der Waals surface area contributed by atoms with Crippen molar-refractivity contribution in [1.82, 2.24) is 0 Å². The molecule has 0 atom stereocenters. The Kier molecular flexibility index (Phi) is 3.08. The van der Waals surface area contributed by atoms with Gasteiger partial charge in [0.15, 0.2) is 0 Å². The normalized spacial score (nSPS) is 15.3. The molecule has 2 heteroatoms. The molecule has 1 fully saturated rings. The molecule has 1 saturated carbocycles. The molecule has 0 aromatic heterocycles. The zero-order valence-electron chi connectivity index (χ0n) is 10.5. The third kappa shape index (κ3) is 2.01. The van der Waals surface area contributed by atoms with Crippen molar-refractivity contribution in [2.24, 2.45) is 0 Å². The maximum atomic E-state index is 5.50. The largest absolute Gasteiger partial charge is 0.496 e. The van der Waals surface area contributed by atoms with E-state index in [1.807, 2.05) is 0 Å². The number of methoxy groups -OCH3 is 2. The average molecular weight is 220 g/mol. The van der Waals surface area contributed by atoms with Crippen molar-refractivity contribution in [2.45, 2.75) is 38.5 Å². The molecule has 0 bridgehead atoms. The average Bonchev–Trinajstić information content (AvgIpc) is 3.10. The van der Waals surface area contributed by atoms with Crippen LogP contribution < -0.4 is 9.47 Å². The van der Waals surface area contributed by atoms with E-state index in [0.717, 1.165) is 11.5 Å². The summed E-state index contributed by atoms with van der Waals surface area (Å²) in [6, 6.07) is 4.31. The van der Waals surface area contributed by atoms with E-state index in [1.165, 1.54) is 24.0 Å². The van der Waals surface area contributed by atoms with E-state index in [2.05, 4.69) is 26.0 Å². The molecule has 0 N–H and O–H groups in total. The first-order chi connectivity index (χ1) is 7.67. The highest BCUT2D eigenvalue weighted by atomic mass is 16.5. The van der Waals surface area contributed by atoms with Crippen LogP contribution in [0, 0.1) is 0 Å². The molecule has 2 rings (SSSR count). The van der Waals surface area contributed by atoms with Gasteiger partial charge in [0.2, 0.25) is 0 Å². The second kappa shape index (κ2) is 4.36. The van der Waals surface area contributed by atoms with Crippen molar-refractivity contribution in [3.63, 3.8) is 0 Å². The fraction of sp³-hybridized carbons (Fsp3) is 0.571. The second-order valence-electron chi connectivity index (χ2n) is 4.77. The molecule has 1 aromatic carbocycles. The van der Waals surface area contributed by atoms with Gasteiger partial charge in [0, 0.05) is 5.56 Å². The summed E-state index contributed by atoms with van der Waals surface area (Å²) in [5.41, 5.74) is 2.53. The topological polar surface area (TPSA) is 18.5 Å². The lowest BCUT2D eigenvalue weighted by atomic mass is 9.98. The van der Waals surface area contributed by atoms with Gasteiger partial charge in [-0.05, 0) is 42.4 Å². The van der Waals surface area contributed by atoms with Crippen LogP contribution in [0.5, 0.6) is 11.5 Å². The van der Waals surface area contributed by atoms with Crippen LogP contribution in [0.15, 0.2) is 12.1 Å². The number of rotatable bonds is 4. The first-order valence-corrected chi connectivity index (χ1v) is 5.93. The van der Waals surface area contributed by atoms with Crippen LogP contribution in [0.4, 0.5) is 0 Å². The van der Waals surface area contributed by atoms with E-state index in [1.54, 1.807) is 14.2 Å². The molecule has 1 aliphatic carbocycles. The van der Waals surface area contributed by atoms with Crippen LogP contribution in [-0.4, -0.2) is 14.2 Å². The summed E-state index contributed by atoms with van der Waals surface area (Å²) < 4.78 is 11.0. The van der Waals surface area contributed by atoms with Crippen LogP contribution in [0.25, 0.3) is 0 Å². The minimum absolute atomic E-state index is 0.496. The Labute approximate surface area is 97.6 Å². The Morgan fingerprint density at radius 1 is 1.06 bits per heavy atom. The van der Waals surface area contributed by atoms with Gasteiger partial charge in [-0.15, -0.1) is 0 Å². The summed E-state index contributed by atoms with van der Waals surface area (Å²) in [6.45, 7) is 4.37. The van der Waals surface area contributed by atoms with Gasteiger partial charge < -0.3 is 9.47 Å². The molecule has 0 saturated heterocycles. The first-order valence-electron chi connectivity index (χ1n) is 5.93. The lowest BCUT2D eigenvalue weighted by molar-refractivity contribution is 0.384. The summed E-state index contributed by atoms with van der Waals surface area (Å²) in [5, 5.41) is 0. The number of ether oxygens (including phenoxy) is 2. The highest BCUT2D eigenvalue weighted by Crippen LogP contribution is 2.49. The number of benzene rings is 1. The predicted molar refractivity (Wildman–Crippen MR) is 65.6 cm³/mol. The van der Waals surface area contributed by atoms with E-state index >= 15 is 0 Å². The van der Waals surface area contributed by atoms with Crippen molar-refractivity contribution in [3.8, 4) is 11.5 Å². The van der Waals surface area contributed by atoms with E-state index in [9.17, 15) is 0 Å². The summed E-state index contributed by atoms with van der Waals surface area (Å²) in [7, 11) is 3.48. The molecule has 2 nitrogen and oxygen atoms in total. The summed E-state index contributed by atoms with van der Waals surface area (Å²) >= 11 is 0. The Morgan fingerprint density at radius 3 is 1.88 bits per heavy atom. The smallest absolute Gasteiger partial charge is 0.126 e. The Morgan fingerprint density at radius 2 is 1.56 bits per heavy atom. The minimum atomic E-state index is 0.496. The van der Waals surface area contributed by atoms with Crippen LogP contribution >= 0.6 is 0 Å². The molecule has 0 unspecified atom stereocenters. The molecule has 0 amide bonds. The van der Waals surface area contributed by atoms with E-state index in [4.69, 9.17) is 9.47 Å². The van der Waals surface area contributed by atoms with Gasteiger partial charge in [-0.25, -0.2) is 0 Å². The van der Waals surface area contributed by atoms with Gasteiger partial charge in [0.25, 0.3) is 0 Å². The van der Waals surface area contributed by atoms with Gasteiger partial charge in [0.1, 0.15) is 11.5 Å². The molecule has 0 radical (unpaired) electrons. The van der Waals surface area contributed by atoms with E-state index in [0.29, 0.717) is 11.8 Å².